The third-order valence-corrected chi connectivity index (χ3v) is 8.91. The smallest absolute Gasteiger partial charge is 0.227 e. The molecule has 2 heterocycles. The van der Waals surface area contributed by atoms with Gasteiger partial charge in [-0.15, -0.1) is 0 Å². The Kier molecular flexibility index (Phi) is 7.98. The number of rotatable bonds is 8. The van der Waals surface area contributed by atoms with Gasteiger partial charge >= 0.3 is 0 Å². The second-order valence-electron chi connectivity index (χ2n) is 11.2. The molecule has 200 valence electrons. The van der Waals surface area contributed by atoms with Gasteiger partial charge in [0, 0.05) is 36.8 Å². The number of benzene rings is 2. The van der Waals surface area contributed by atoms with Crippen LogP contribution in [0.25, 0.3) is 0 Å². The molecule has 2 N–H and O–H groups in total. The Bertz CT molecular complexity index is 1340. The minimum Gasteiger partial charge on any atom is -0.395 e. The highest BCUT2D eigenvalue weighted by Gasteiger charge is 2.39. The summed E-state index contributed by atoms with van der Waals surface area (Å²) in [5.41, 5.74) is 7.63. The Balaban J connectivity index is 1.29. The molecule has 0 bridgehead atoms. The number of aromatic nitrogens is 2. The van der Waals surface area contributed by atoms with Crippen molar-refractivity contribution < 1.29 is 9.90 Å². The Labute approximate surface area is 234 Å². The molecule has 0 amide bonds. The van der Waals surface area contributed by atoms with Crippen LogP contribution in [0.1, 0.15) is 66.1 Å². The number of halogens is 1. The standard InChI is InChI=1S/C31H37BrN4O2/c1-20-16-22(24-8-5-13-36(19-24)14-15-37)10-11-26(20)34-30-33-18-25(32)27(35-30)12-9-21-6-4-7-23-17-28(38)31(2,3)29(21)23/h4,6-7,10-11,16,18,24,37H,5,8-9,12-15,17,19H2,1-3H3,(H,33,34,35). The maximum Gasteiger partial charge on any atom is 0.227 e. The maximum atomic E-state index is 12.6. The largest absolute Gasteiger partial charge is 0.395 e. The van der Waals surface area contributed by atoms with E-state index in [1.807, 2.05) is 20.0 Å². The molecule has 7 heteroatoms. The van der Waals surface area contributed by atoms with Gasteiger partial charge in [0.2, 0.25) is 5.95 Å². The van der Waals surface area contributed by atoms with Gasteiger partial charge in [0.15, 0.2) is 0 Å². The van der Waals surface area contributed by atoms with E-state index >= 15 is 0 Å². The number of nitrogens with zero attached hydrogens (tertiary/aromatic N) is 3. The monoisotopic (exact) mass is 576 g/mol. The molecule has 1 aliphatic carbocycles. The summed E-state index contributed by atoms with van der Waals surface area (Å²) in [5, 5.41) is 12.7. The average Bonchev–Trinajstić information content (AvgIpc) is 3.14. The number of Topliss-reactive ketones (excluding diaryl/α,β-unsaturated/α-hetero) is 1. The minimum absolute atomic E-state index is 0.217. The number of anilines is 2. The molecule has 3 aromatic rings. The van der Waals surface area contributed by atoms with Gasteiger partial charge in [0.25, 0.3) is 0 Å². The summed E-state index contributed by atoms with van der Waals surface area (Å²) in [4.78, 5) is 24.3. The summed E-state index contributed by atoms with van der Waals surface area (Å²) in [7, 11) is 0. The molecule has 38 heavy (non-hydrogen) atoms. The van der Waals surface area contributed by atoms with E-state index in [1.165, 1.54) is 35.1 Å². The molecule has 5 rings (SSSR count). The summed E-state index contributed by atoms with van der Waals surface area (Å²) in [6.45, 7) is 9.25. The molecular weight excluding hydrogens is 540 g/mol. The highest BCUT2D eigenvalue weighted by molar-refractivity contribution is 9.10. The molecule has 2 aliphatic rings. The molecule has 0 radical (unpaired) electrons. The van der Waals surface area contributed by atoms with E-state index in [0.717, 1.165) is 53.9 Å². The zero-order valence-electron chi connectivity index (χ0n) is 22.6. The van der Waals surface area contributed by atoms with Crippen molar-refractivity contribution in [3.05, 3.63) is 80.6 Å². The fourth-order valence-electron chi connectivity index (χ4n) is 6.11. The van der Waals surface area contributed by atoms with Crippen LogP contribution in [0.4, 0.5) is 11.6 Å². The average molecular weight is 578 g/mol. The quantitative estimate of drug-likeness (QED) is 0.360. The summed E-state index contributed by atoms with van der Waals surface area (Å²) < 4.78 is 0.891. The molecule has 1 saturated heterocycles. The van der Waals surface area contributed by atoms with Crippen LogP contribution < -0.4 is 5.32 Å². The molecule has 1 aromatic heterocycles. The van der Waals surface area contributed by atoms with Crippen LogP contribution in [0.15, 0.2) is 47.1 Å². The van der Waals surface area contributed by atoms with Crippen molar-refractivity contribution in [3.63, 3.8) is 0 Å². The molecule has 1 fully saturated rings. The van der Waals surface area contributed by atoms with Gasteiger partial charge in [-0.1, -0.05) is 30.3 Å². The van der Waals surface area contributed by atoms with Crippen LogP contribution >= 0.6 is 15.9 Å². The first-order valence-corrected chi connectivity index (χ1v) is 14.4. The molecule has 1 unspecified atom stereocenters. The van der Waals surface area contributed by atoms with Crippen LogP contribution in [-0.2, 0) is 29.5 Å². The van der Waals surface area contributed by atoms with Crippen molar-refractivity contribution in [3.8, 4) is 0 Å². The minimum atomic E-state index is -0.431. The number of likely N-dealkylation sites (tertiary alicyclic amines) is 1. The van der Waals surface area contributed by atoms with Gasteiger partial charge in [0.1, 0.15) is 5.78 Å². The van der Waals surface area contributed by atoms with Crippen molar-refractivity contribution in [1.29, 1.82) is 0 Å². The lowest BCUT2D eigenvalue weighted by Gasteiger charge is -2.32. The van der Waals surface area contributed by atoms with E-state index in [2.05, 4.69) is 74.5 Å². The Morgan fingerprint density at radius 3 is 2.84 bits per heavy atom. The van der Waals surface area contributed by atoms with E-state index in [1.54, 1.807) is 0 Å². The Morgan fingerprint density at radius 1 is 1.21 bits per heavy atom. The highest BCUT2D eigenvalue weighted by atomic mass is 79.9. The van der Waals surface area contributed by atoms with E-state index in [-0.39, 0.29) is 6.61 Å². The SMILES string of the molecule is Cc1cc(C2CCCN(CCO)C2)ccc1Nc1ncc(Br)c(CCc2cccc3c2C(C)(C)C(=O)C3)n1. The van der Waals surface area contributed by atoms with Crippen LogP contribution in [0, 0.1) is 6.92 Å². The molecule has 0 saturated carbocycles. The first-order valence-electron chi connectivity index (χ1n) is 13.6. The number of aryl methyl sites for hydroxylation is 3. The second-order valence-corrected chi connectivity index (χ2v) is 12.1. The van der Waals surface area contributed by atoms with E-state index < -0.39 is 5.41 Å². The number of hydrogen-bond acceptors (Lipinski definition) is 6. The number of piperidine rings is 1. The third-order valence-electron chi connectivity index (χ3n) is 8.25. The number of carbonyl (C=O) groups is 1. The van der Waals surface area contributed by atoms with Crippen LogP contribution in [0.2, 0.25) is 0 Å². The van der Waals surface area contributed by atoms with Crippen molar-refractivity contribution in [2.45, 2.75) is 64.2 Å². The number of ketones is 1. The number of aliphatic hydroxyl groups is 1. The maximum absolute atomic E-state index is 12.6. The van der Waals surface area contributed by atoms with Crippen LogP contribution in [0.5, 0.6) is 0 Å². The molecule has 6 nitrogen and oxygen atoms in total. The van der Waals surface area contributed by atoms with E-state index in [0.29, 0.717) is 24.1 Å². The van der Waals surface area contributed by atoms with Crippen molar-refractivity contribution in [2.75, 3.05) is 31.6 Å². The zero-order chi connectivity index (χ0) is 26.9. The van der Waals surface area contributed by atoms with Gasteiger partial charge in [-0.3, -0.25) is 4.79 Å². The second kappa shape index (κ2) is 11.2. The first kappa shape index (κ1) is 27.0. The lowest BCUT2D eigenvalue weighted by atomic mass is 9.82. The topological polar surface area (TPSA) is 78.4 Å². The Morgan fingerprint density at radius 2 is 2.05 bits per heavy atom. The predicted octanol–water partition coefficient (Wildman–Crippen LogP) is 5.65. The van der Waals surface area contributed by atoms with Gasteiger partial charge in [0.05, 0.1) is 16.8 Å². The van der Waals surface area contributed by atoms with E-state index in [4.69, 9.17) is 4.98 Å². The lowest BCUT2D eigenvalue weighted by molar-refractivity contribution is -0.121. The summed E-state index contributed by atoms with van der Waals surface area (Å²) >= 11 is 3.64. The highest BCUT2D eigenvalue weighted by Crippen LogP contribution is 2.38. The van der Waals surface area contributed by atoms with Crippen LogP contribution in [-0.4, -0.2) is 52.0 Å². The number of aliphatic hydroxyl groups excluding tert-OH is 1. The van der Waals surface area contributed by atoms with Gasteiger partial charge < -0.3 is 15.3 Å². The fraction of sp³-hybridized carbons (Fsp3) is 0.452. The number of hydrogen-bond donors (Lipinski definition) is 2. The lowest BCUT2D eigenvalue weighted by Crippen LogP contribution is -2.36. The van der Waals surface area contributed by atoms with Crippen LogP contribution in [0.3, 0.4) is 0 Å². The zero-order valence-corrected chi connectivity index (χ0v) is 24.1. The normalized spacial score (nSPS) is 19.0. The number of nitrogens with one attached hydrogen (secondary N) is 1. The summed E-state index contributed by atoms with van der Waals surface area (Å²) in [5.74, 6) is 1.37. The molecule has 1 aliphatic heterocycles. The third kappa shape index (κ3) is 5.56. The van der Waals surface area contributed by atoms with E-state index in [9.17, 15) is 9.90 Å². The predicted molar refractivity (Wildman–Crippen MR) is 155 cm³/mol. The number of β-amino-alcohol motifs (C(OH)–C–C–N with tert-alkyl or cyclic N) is 1. The van der Waals surface area contributed by atoms with Gasteiger partial charge in [-0.25, -0.2) is 9.97 Å². The molecule has 2 aromatic carbocycles. The number of fused-ring (bicyclic) bond motifs is 1. The molecule has 1 atom stereocenters. The Hall–Kier alpha value is -2.61. The fourth-order valence-corrected chi connectivity index (χ4v) is 6.50. The van der Waals surface area contributed by atoms with Crippen molar-refractivity contribution in [2.24, 2.45) is 0 Å². The molecular formula is C31H37BrN4O2. The summed E-state index contributed by atoms with van der Waals surface area (Å²) in [6.07, 6.45) is 6.26. The van der Waals surface area contributed by atoms with Gasteiger partial charge in [-0.2, -0.15) is 0 Å². The van der Waals surface area contributed by atoms with Gasteiger partial charge in [-0.05, 0) is 109 Å². The van der Waals surface area contributed by atoms with Crippen molar-refractivity contribution >= 4 is 33.3 Å². The number of carbonyl (C=O) groups excluding carboxylic acids is 1. The van der Waals surface area contributed by atoms with Crippen molar-refractivity contribution in [1.82, 2.24) is 14.9 Å². The molecule has 0 spiro atoms. The first-order chi connectivity index (χ1) is 18.3. The summed E-state index contributed by atoms with van der Waals surface area (Å²) in [6, 6.07) is 12.9.